The van der Waals surface area contributed by atoms with Gasteiger partial charge in [-0.05, 0) is 36.9 Å². The molecule has 0 aliphatic carbocycles. The highest BCUT2D eigenvalue weighted by molar-refractivity contribution is 6.32. The van der Waals surface area contributed by atoms with Crippen molar-refractivity contribution in [2.75, 3.05) is 6.54 Å². The molecule has 0 spiro atoms. The van der Waals surface area contributed by atoms with Crippen LogP contribution in [-0.2, 0) is 0 Å². The van der Waals surface area contributed by atoms with E-state index < -0.39 is 0 Å². The van der Waals surface area contributed by atoms with Gasteiger partial charge in [-0.3, -0.25) is 4.79 Å². The molecule has 1 aromatic rings. The first-order valence-corrected chi connectivity index (χ1v) is 6.04. The largest absolute Gasteiger partial charge is 0.452 e. The molecule has 1 atom stereocenters. The molecule has 1 aliphatic heterocycles. The minimum absolute atomic E-state index is 0.0441. The van der Waals surface area contributed by atoms with Crippen molar-refractivity contribution in [1.29, 1.82) is 0 Å². The Kier molecular flexibility index (Phi) is 3.76. The monoisotopic (exact) mass is 271 g/mol. The molecule has 2 heterocycles. The number of rotatable bonds is 2. The lowest BCUT2D eigenvalue weighted by atomic mass is 10.0. The number of likely N-dealkylation sites (tertiary alicyclic amines) is 1. The van der Waals surface area contributed by atoms with Crippen molar-refractivity contribution in [2.24, 2.45) is 10.9 Å². The zero-order chi connectivity index (χ0) is 13.1. The van der Waals surface area contributed by atoms with E-state index >= 15 is 0 Å². The highest BCUT2D eigenvalue weighted by Gasteiger charge is 2.31. The van der Waals surface area contributed by atoms with Gasteiger partial charge in [-0.25, -0.2) is 0 Å². The molecule has 1 aliphatic rings. The van der Waals surface area contributed by atoms with Crippen LogP contribution in [0.1, 0.15) is 29.6 Å². The van der Waals surface area contributed by atoms with Crippen LogP contribution in [0.4, 0.5) is 0 Å². The highest BCUT2D eigenvalue weighted by atomic mass is 35.5. The Morgan fingerprint density at radius 2 is 2.39 bits per heavy atom. The average Bonchev–Trinajstić information content (AvgIpc) is 2.83. The van der Waals surface area contributed by atoms with Crippen molar-refractivity contribution in [1.82, 2.24) is 4.90 Å². The van der Waals surface area contributed by atoms with Gasteiger partial charge < -0.3 is 20.3 Å². The molecule has 1 unspecified atom stereocenters. The molecule has 0 bridgehead atoms. The Morgan fingerprint density at radius 1 is 1.61 bits per heavy atom. The van der Waals surface area contributed by atoms with Crippen LogP contribution in [0.3, 0.4) is 0 Å². The SMILES string of the molecule is N/C(=N/O)C1CCCCN1C(=O)c1ccoc1Cl. The fraction of sp³-hybridized carbons (Fsp3) is 0.455. The van der Waals surface area contributed by atoms with E-state index in [0.29, 0.717) is 18.5 Å². The fourth-order valence-corrected chi connectivity index (χ4v) is 2.34. The Morgan fingerprint density at radius 3 is 3.00 bits per heavy atom. The Balaban J connectivity index is 2.24. The average molecular weight is 272 g/mol. The number of amides is 1. The number of oxime groups is 1. The van der Waals surface area contributed by atoms with E-state index in [1.54, 1.807) is 4.90 Å². The molecule has 7 heteroatoms. The molecule has 18 heavy (non-hydrogen) atoms. The Hall–Kier alpha value is -1.69. The zero-order valence-corrected chi connectivity index (χ0v) is 10.4. The van der Waals surface area contributed by atoms with Gasteiger partial charge >= 0.3 is 0 Å². The highest BCUT2D eigenvalue weighted by Crippen LogP contribution is 2.24. The summed E-state index contributed by atoms with van der Waals surface area (Å²) in [5.41, 5.74) is 5.92. The Bertz CT molecular complexity index is 472. The molecule has 2 rings (SSSR count). The maximum Gasteiger partial charge on any atom is 0.259 e. The molecule has 6 nitrogen and oxygen atoms in total. The number of hydrogen-bond donors (Lipinski definition) is 2. The van der Waals surface area contributed by atoms with Crippen molar-refractivity contribution in [2.45, 2.75) is 25.3 Å². The standard InChI is InChI=1S/C11H14ClN3O3/c12-9-7(4-6-18-9)11(16)15-5-2-1-3-8(15)10(13)14-17/h4,6,8,17H,1-3,5H2,(H2,13,14). The smallest absolute Gasteiger partial charge is 0.259 e. The third-order valence-corrected chi connectivity index (χ3v) is 3.36. The summed E-state index contributed by atoms with van der Waals surface area (Å²) < 4.78 is 4.91. The zero-order valence-electron chi connectivity index (χ0n) is 9.67. The molecule has 1 saturated heterocycles. The van der Waals surface area contributed by atoms with Gasteiger partial charge in [0, 0.05) is 6.54 Å². The van der Waals surface area contributed by atoms with Gasteiger partial charge in [-0.1, -0.05) is 5.16 Å². The normalized spacial score (nSPS) is 21.1. The molecule has 1 aromatic heterocycles. The molecule has 3 N–H and O–H groups in total. The minimum Gasteiger partial charge on any atom is -0.452 e. The number of piperidine rings is 1. The first-order chi connectivity index (χ1) is 8.65. The molecule has 98 valence electrons. The minimum atomic E-state index is -0.387. The topological polar surface area (TPSA) is 92.1 Å². The summed E-state index contributed by atoms with van der Waals surface area (Å²) in [6, 6.07) is 1.13. The van der Waals surface area contributed by atoms with E-state index in [9.17, 15) is 4.79 Å². The van der Waals surface area contributed by atoms with Gasteiger partial charge in [0.1, 0.15) is 0 Å². The first-order valence-electron chi connectivity index (χ1n) is 5.66. The fourth-order valence-electron chi connectivity index (χ4n) is 2.15. The second-order valence-electron chi connectivity index (χ2n) is 4.14. The van der Waals surface area contributed by atoms with Crippen LogP contribution in [-0.4, -0.2) is 34.4 Å². The van der Waals surface area contributed by atoms with Crippen LogP contribution in [0, 0.1) is 0 Å². The van der Waals surface area contributed by atoms with E-state index in [0.717, 1.165) is 12.8 Å². The summed E-state index contributed by atoms with van der Waals surface area (Å²) in [6.45, 7) is 0.557. The lowest BCUT2D eigenvalue weighted by Gasteiger charge is -2.34. The second kappa shape index (κ2) is 5.30. The number of nitrogens with zero attached hydrogens (tertiary/aromatic N) is 2. The number of hydrogen-bond acceptors (Lipinski definition) is 4. The van der Waals surface area contributed by atoms with Crippen LogP contribution < -0.4 is 5.73 Å². The molecule has 0 saturated carbocycles. The van der Waals surface area contributed by atoms with Crippen LogP contribution >= 0.6 is 11.6 Å². The predicted octanol–water partition coefficient (Wildman–Crippen LogP) is 1.67. The van der Waals surface area contributed by atoms with Crippen LogP contribution in [0.25, 0.3) is 0 Å². The summed E-state index contributed by atoms with van der Waals surface area (Å²) in [6.07, 6.45) is 3.86. The first kappa shape index (κ1) is 12.8. The van der Waals surface area contributed by atoms with Crippen molar-refractivity contribution >= 4 is 23.3 Å². The van der Waals surface area contributed by atoms with E-state index in [2.05, 4.69) is 5.16 Å². The summed E-state index contributed by atoms with van der Waals surface area (Å²) in [5, 5.41) is 11.8. The molecular weight excluding hydrogens is 258 g/mol. The third-order valence-electron chi connectivity index (χ3n) is 3.07. The van der Waals surface area contributed by atoms with Crippen molar-refractivity contribution in [3.05, 3.63) is 23.1 Å². The molecule has 0 aromatic carbocycles. The van der Waals surface area contributed by atoms with Crippen molar-refractivity contribution < 1.29 is 14.4 Å². The number of furan rings is 1. The lowest BCUT2D eigenvalue weighted by Crippen LogP contribution is -2.50. The molecule has 1 fully saturated rings. The van der Waals surface area contributed by atoms with Crippen LogP contribution in [0.5, 0.6) is 0 Å². The summed E-state index contributed by atoms with van der Waals surface area (Å²) in [4.78, 5) is 13.9. The van der Waals surface area contributed by atoms with Crippen LogP contribution in [0.15, 0.2) is 21.9 Å². The number of carbonyl (C=O) groups is 1. The second-order valence-corrected chi connectivity index (χ2v) is 4.49. The van der Waals surface area contributed by atoms with Gasteiger partial charge in [0.25, 0.3) is 5.91 Å². The molecule has 1 amide bonds. The quantitative estimate of drug-likeness (QED) is 0.370. The molecule has 0 radical (unpaired) electrons. The number of carbonyl (C=O) groups excluding carboxylic acids is 1. The van der Waals surface area contributed by atoms with E-state index in [1.165, 1.54) is 12.3 Å². The third kappa shape index (κ3) is 2.28. The summed E-state index contributed by atoms with van der Waals surface area (Å²) in [7, 11) is 0. The van der Waals surface area contributed by atoms with Gasteiger partial charge in [0.15, 0.2) is 5.84 Å². The predicted molar refractivity (Wildman–Crippen MR) is 65.8 cm³/mol. The van der Waals surface area contributed by atoms with E-state index in [-0.39, 0.29) is 23.0 Å². The van der Waals surface area contributed by atoms with Gasteiger partial charge in [0.05, 0.1) is 17.9 Å². The van der Waals surface area contributed by atoms with Gasteiger partial charge in [0.2, 0.25) is 5.22 Å². The summed E-state index contributed by atoms with van der Waals surface area (Å²) in [5.74, 6) is -0.215. The summed E-state index contributed by atoms with van der Waals surface area (Å²) >= 11 is 5.79. The van der Waals surface area contributed by atoms with Gasteiger partial charge in [-0.15, -0.1) is 0 Å². The van der Waals surface area contributed by atoms with Crippen LogP contribution in [0.2, 0.25) is 5.22 Å². The Labute approximate surface area is 109 Å². The maximum absolute atomic E-state index is 12.3. The maximum atomic E-state index is 12.3. The molecular formula is C11H14ClN3O3. The van der Waals surface area contributed by atoms with Crippen molar-refractivity contribution in [3.8, 4) is 0 Å². The van der Waals surface area contributed by atoms with E-state index in [4.69, 9.17) is 27.0 Å². The van der Waals surface area contributed by atoms with Gasteiger partial charge in [-0.2, -0.15) is 0 Å². The number of amidine groups is 1. The van der Waals surface area contributed by atoms with E-state index in [1.807, 2.05) is 0 Å². The number of nitrogens with two attached hydrogens (primary N) is 1. The van der Waals surface area contributed by atoms with Crippen molar-refractivity contribution in [3.63, 3.8) is 0 Å². The number of halogens is 1. The lowest BCUT2D eigenvalue weighted by molar-refractivity contribution is 0.0676.